The van der Waals surface area contributed by atoms with Crippen molar-refractivity contribution in [3.05, 3.63) is 35.4 Å². The van der Waals surface area contributed by atoms with Gasteiger partial charge in [-0.15, -0.1) is 0 Å². The molecule has 1 N–H and O–H groups in total. The molecular formula is C15H19N5S. The number of aromatic nitrogens is 4. The molecule has 6 heteroatoms. The van der Waals surface area contributed by atoms with Crippen molar-refractivity contribution in [3.63, 3.8) is 0 Å². The molecule has 3 aromatic rings. The SMILES string of the molecule is Cc1cccc2nc(CNc3nc(C(C)C)ns3)n(C)c12. The lowest BCUT2D eigenvalue weighted by atomic mass is 10.2. The van der Waals surface area contributed by atoms with E-state index in [0.717, 1.165) is 22.3 Å². The second-order valence-electron chi connectivity index (χ2n) is 5.50. The molecule has 0 saturated heterocycles. The van der Waals surface area contributed by atoms with Crippen LogP contribution in [0.15, 0.2) is 18.2 Å². The predicted molar refractivity (Wildman–Crippen MR) is 86.8 cm³/mol. The van der Waals surface area contributed by atoms with Crippen LogP contribution in [-0.2, 0) is 13.6 Å². The zero-order chi connectivity index (χ0) is 15.0. The number of hydrogen-bond donors (Lipinski definition) is 1. The minimum Gasteiger partial charge on any atom is -0.353 e. The summed E-state index contributed by atoms with van der Waals surface area (Å²) in [7, 11) is 2.05. The second-order valence-corrected chi connectivity index (χ2v) is 6.25. The second kappa shape index (κ2) is 5.44. The molecule has 1 aromatic carbocycles. The zero-order valence-electron chi connectivity index (χ0n) is 12.7. The van der Waals surface area contributed by atoms with Gasteiger partial charge in [-0.05, 0) is 18.6 Å². The number of nitrogens with one attached hydrogen (secondary N) is 1. The molecule has 21 heavy (non-hydrogen) atoms. The number of benzene rings is 1. The molecule has 0 aliphatic carbocycles. The van der Waals surface area contributed by atoms with Crippen LogP contribution in [0.3, 0.4) is 0 Å². The lowest BCUT2D eigenvalue weighted by Gasteiger charge is -2.04. The molecule has 0 unspecified atom stereocenters. The summed E-state index contributed by atoms with van der Waals surface area (Å²) in [5, 5.41) is 4.17. The van der Waals surface area contributed by atoms with E-state index in [1.165, 1.54) is 22.6 Å². The Bertz CT molecular complexity index is 772. The highest BCUT2D eigenvalue weighted by Crippen LogP contribution is 2.21. The van der Waals surface area contributed by atoms with Crippen LogP contribution < -0.4 is 5.32 Å². The quantitative estimate of drug-likeness (QED) is 0.801. The van der Waals surface area contributed by atoms with Crippen LogP contribution in [0.1, 0.15) is 37.0 Å². The van der Waals surface area contributed by atoms with Crippen LogP contribution in [0.4, 0.5) is 5.13 Å². The fraction of sp³-hybridized carbons (Fsp3) is 0.400. The van der Waals surface area contributed by atoms with Gasteiger partial charge in [-0.1, -0.05) is 26.0 Å². The van der Waals surface area contributed by atoms with Gasteiger partial charge >= 0.3 is 0 Å². The van der Waals surface area contributed by atoms with Crippen molar-refractivity contribution in [2.24, 2.45) is 7.05 Å². The maximum absolute atomic E-state index is 4.69. The van der Waals surface area contributed by atoms with E-state index < -0.39 is 0 Å². The lowest BCUT2D eigenvalue weighted by Crippen LogP contribution is -2.06. The van der Waals surface area contributed by atoms with Gasteiger partial charge in [0.15, 0.2) is 0 Å². The smallest absolute Gasteiger partial charge is 0.202 e. The minimum atomic E-state index is 0.357. The van der Waals surface area contributed by atoms with Crippen molar-refractivity contribution in [1.29, 1.82) is 0 Å². The molecule has 0 amide bonds. The molecule has 0 atom stereocenters. The van der Waals surface area contributed by atoms with E-state index in [4.69, 9.17) is 0 Å². The number of rotatable bonds is 4. The topological polar surface area (TPSA) is 55.6 Å². The molecular weight excluding hydrogens is 282 g/mol. The number of hydrogen-bond acceptors (Lipinski definition) is 5. The third-order valence-electron chi connectivity index (χ3n) is 3.54. The lowest BCUT2D eigenvalue weighted by molar-refractivity contribution is 0.796. The van der Waals surface area contributed by atoms with Crippen molar-refractivity contribution in [3.8, 4) is 0 Å². The van der Waals surface area contributed by atoms with Crippen LogP contribution in [0.5, 0.6) is 0 Å². The first kappa shape index (κ1) is 14.0. The third kappa shape index (κ3) is 2.63. The first-order valence-electron chi connectivity index (χ1n) is 7.04. The van der Waals surface area contributed by atoms with Crippen molar-refractivity contribution >= 4 is 27.7 Å². The van der Waals surface area contributed by atoms with Crippen molar-refractivity contribution in [2.75, 3.05) is 5.32 Å². The summed E-state index contributed by atoms with van der Waals surface area (Å²) in [5.74, 6) is 2.25. The van der Waals surface area contributed by atoms with Crippen LogP contribution in [-0.4, -0.2) is 18.9 Å². The highest BCUT2D eigenvalue weighted by atomic mass is 32.1. The van der Waals surface area contributed by atoms with Gasteiger partial charge < -0.3 is 9.88 Å². The maximum Gasteiger partial charge on any atom is 0.202 e. The first-order valence-corrected chi connectivity index (χ1v) is 7.82. The molecule has 0 aliphatic heterocycles. The molecule has 0 spiro atoms. The van der Waals surface area contributed by atoms with E-state index in [0.29, 0.717) is 12.5 Å². The number of anilines is 1. The van der Waals surface area contributed by atoms with E-state index in [9.17, 15) is 0 Å². The molecule has 5 nitrogen and oxygen atoms in total. The van der Waals surface area contributed by atoms with Crippen molar-refractivity contribution in [2.45, 2.75) is 33.2 Å². The monoisotopic (exact) mass is 301 g/mol. The van der Waals surface area contributed by atoms with E-state index in [1.54, 1.807) is 0 Å². The van der Waals surface area contributed by atoms with Crippen LogP contribution in [0.25, 0.3) is 11.0 Å². The van der Waals surface area contributed by atoms with Gasteiger partial charge in [-0.3, -0.25) is 0 Å². The van der Waals surface area contributed by atoms with Gasteiger partial charge in [0.25, 0.3) is 0 Å². The summed E-state index contributed by atoms with van der Waals surface area (Å²) in [4.78, 5) is 9.17. The standard InChI is InChI=1S/C15H19N5S/c1-9(2)14-18-15(21-19-14)16-8-12-17-11-7-5-6-10(3)13(11)20(12)4/h5-7,9H,8H2,1-4H3,(H,16,18,19). The van der Waals surface area contributed by atoms with Gasteiger partial charge in [0.2, 0.25) is 5.13 Å². The summed E-state index contributed by atoms with van der Waals surface area (Å²) < 4.78 is 6.49. The average Bonchev–Trinajstić information content (AvgIpc) is 3.02. The van der Waals surface area contributed by atoms with Gasteiger partial charge in [0.1, 0.15) is 11.6 Å². The number of aryl methyl sites for hydroxylation is 2. The first-order chi connectivity index (χ1) is 10.1. The highest BCUT2D eigenvalue weighted by Gasteiger charge is 2.11. The number of para-hydroxylation sites is 1. The summed E-state index contributed by atoms with van der Waals surface area (Å²) in [6, 6.07) is 6.20. The molecule has 0 fully saturated rings. The summed E-state index contributed by atoms with van der Waals surface area (Å²) in [6.07, 6.45) is 0. The maximum atomic E-state index is 4.69. The predicted octanol–water partition coefficient (Wildman–Crippen LogP) is 3.47. The number of nitrogens with zero attached hydrogens (tertiary/aromatic N) is 4. The van der Waals surface area contributed by atoms with Gasteiger partial charge in [-0.2, -0.15) is 4.37 Å². The van der Waals surface area contributed by atoms with E-state index in [-0.39, 0.29) is 0 Å². The molecule has 0 bridgehead atoms. The average molecular weight is 301 g/mol. The molecule has 0 saturated carbocycles. The van der Waals surface area contributed by atoms with E-state index >= 15 is 0 Å². The molecule has 2 heterocycles. The van der Waals surface area contributed by atoms with Crippen LogP contribution in [0.2, 0.25) is 0 Å². The van der Waals surface area contributed by atoms with Crippen LogP contribution in [0, 0.1) is 6.92 Å². The van der Waals surface area contributed by atoms with Crippen molar-refractivity contribution in [1.82, 2.24) is 18.9 Å². The number of fused-ring (bicyclic) bond motifs is 1. The fourth-order valence-corrected chi connectivity index (χ4v) is 3.07. The largest absolute Gasteiger partial charge is 0.353 e. The number of imidazole rings is 1. The third-order valence-corrected chi connectivity index (χ3v) is 4.23. The summed E-state index contributed by atoms with van der Waals surface area (Å²) in [5.41, 5.74) is 3.47. The van der Waals surface area contributed by atoms with Crippen LogP contribution >= 0.6 is 11.5 Å². The Morgan fingerprint density at radius 1 is 1.29 bits per heavy atom. The Kier molecular flexibility index (Phi) is 3.63. The Morgan fingerprint density at radius 2 is 2.10 bits per heavy atom. The highest BCUT2D eigenvalue weighted by molar-refractivity contribution is 7.09. The fourth-order valence-electron chi connectivity index (χ4n) is 2.37. The molecule has 3 rings (SSSR count). The van der Waals surface area contributed by atoms with Gasteiger partial charge in [0.05, 0.1) is 17.6 Å². The van der Waals surface area contributed by atoms with Gasteiger partial charge in [-0.25, -0.2) is 9.97 Å². The molecule has 0 radical (unpaired) electrons. The Hall–Kier alpha value is -1.95. The minimum absolute atomic E-state index is 0.357. The molecule has 0 aliphatic rings. The molecule has 2 aromatic heterocycles. The Morgan fingerprint density at radius 3 is 2.76 bits per heavy atom. The van der Waals surface area contributed by atoms with E-state index in [2.05, 4.69) is 58.1 Å². The van der Waals surface area contributed by atoms with E-state index in [1.807, 2.05) is 12.1 Å². The van der Waals surface area contributed by atoms with Gasteiger partial charge in [0, 0.05) is 24.5 Å². The normalized spacial score (nSPS) is 11.5. The summed E-state index contributed by atoms with van der Waals surface area (Å²) in [6.45, 7) is 6.96. The molecule has 110 valence electrons. The zero-order valence-corrected chi connectivity index (χ0v) is 13.5. The Labute approximate surface area is 128 Å². The Balaban J connectivity index is 1.82. The summed E-state index contributed by atoms with van der Waals surface area (Å²) >= 11 is 1.40. The van der Waals surface area contributed by atoms with Crippen molar-refractivity contribution < 1.29 is 0 Å².